The van der Waals surface area contributed by atoms with E-state index < -0.39 is 29.1 Å². The molecule has 5 N–H and O–H groups in total. The van der Waals surface area contributed by atoms with Gasteiger partial charge in [-0.3, -0.25) is 9.36 Å². The number of nitrogens with one attached hydrogen (secondary N) is 3. The summed E-state index contributed by atoms with van der Waals surface area (Å²) in [6, 6.07) is 5.80. The molecule has 0 aliphatic carbocycles. The Labute approximate surface area is 197 Å². The highest BCUT2D eigenvalue weighted by atomic mass is 19.4. The number of aromatic amines is 1. The first-order chi connectivity index (χ1) is 16.3. The number of fused-ring (bicyclic) bond motifs is 2. The van der Waals surface area contributed by atoms with Gasteiger partial charge in [0.2, 0.25) is 0 Å². The van der Waals surface area contributed by atoms with Crippen LogP contribution in [0.2, 0.25) is 0 Å². The number of hydrogen-bond donors (Lipinski definition) is 5. The van der Waals surface area contributed by atoms with Crippen LogP contribution in [-0.2, 0) is 17.5 Å². The number of halogens is 3. The number of aryl methyl sites for hydroxylation is 1. The van der Waals surface area contributed by atoms with Crippen LogP contribution in [-0.4, -0.2) is 44.4 Å². The number of alkyl halides is 3. The van der Waals surface area contributed by atoms with E-state index in [0.717, 1.165) is 12.1 Å². The van der Waals surface area contributed by atoms with Gasteiger partial charge < -0.3 is 30.6 Å². The normalized spacial score (nSPS) is 15.0. The maximum atomic E-state index is 13.0. The molecular formula is C23H25F3N4O5. The van der Waals surface area contributed by atoms with Gasteiger partial charge in [-0.05, 0) is 44.5 Å². The second-order valence-corrected chi connectivity index (χ2v) is 9.09. The molecule has 0 bridgehead atoms. The van der Waals surface area contributed by atoms with Crippen LogP contribution in [0.15, 0.2) is 35.1 Å². The molecule has 9 nitrogen and oxygen atoms in total. The Morgan fingerprint density at radius 2 is 1.94 bits per heavy atom. The van der Waals surface area contributed by atoms with E-state index in [4.69, 9.17) is 4.74 Å². The fourth-order valence-electron chi connectivity index (χ4n) is 3.99. The molecule has 1 unspecified atom stereocenters. The predicted molar refractivity (Wildman–Crippen MR) is 121 cm³/mol. The zero-order chi connectivity index (χ0) is 25.5. The number of aliphatic hydroxyl groups is 1. The molecule has 35 heavy (non-hydrogen) atoms. The van der Waals surface area contributed by atoms with Gasteiger partial charge in [0.15, 0.2) is 6.61 Å². The zero-order valence-electron chi connectivity index (χ0n) is 19.0. The molecule has 0 spiro atoms. The van der Waals surface area contributed by atoms with Crippen molar-refractivity contribution < 1.29 is 32.9 Å². The van der Waals surface area contributed by atoms with Crippen molar-refractivity contribution in [2.24, 2.45) is 0 Å². The maximum Gasteiger partial charge on any atom is 0.416 e. The van der Waals surface area contributed by atoms with Gasteiger partial charge in [0.05, 0.1) is 28.4 Å². The Kier molecular flexibility index (Phi) is 6.28. The molecule has 12 heteroatoms. The van der Waals surface area contributed by atoms with E-state index in [-0.39, 0.29) is 48.3 Å². The number of β-amino-alcohol motifs (C(OH)–C–C–N with tert-alkyl or cyclic N) is 1. The minimum atomic E-state index is -4.51. The van der Waals surface area contributed by atoms with Gasteiger partial charge in [-0.1, -0.05) is 0 Å². The third kappa shape index (κ3) is 5.28. The molecule has 0 saturated heterocycles. The van der Waals surface area contributed by atoms with Crippen LogP contribution in [0.3, 0.4) is 0 Å². The molecule has 0 fully saturated rings. The highest BCUT2D eigenvalue weighted by Crippen LogP contribution is 2.39. The van der Waals surface area contributed by atoms with Crippen molar-refractivity contribution in [2.75, 3.05) is 18.5 Å². The number of ether oxygens (including phenoxy) is 1. The lowest BCUT2D eigenvalue weighted by atomic mass is 9.99. The van der Waals surface area contributed by atoms with Crippen molar-refractivity contribution in [2.45, 2.75) is 44.6 Å². The maximum absolute atomic E-state index is 13.0. The molecule has 1 amide bonds. The number of H-pyrrole nitrogens is 1. The summed E-state index contributed by atoms with van der Waals surface area (Å²) >= 11 is 0. The Balaban J connectivity index is 1.44. The molecular weight excluding hydrogens is 469 g/mol. The number of imidazole rings is 1. The zero-order valence-corrected chi connectivity index (χ0v) is 19.0. The van der Waals surface area contributed by atoms with Gasteiger partial charge in [-0.2, -0.15) is 13.2 Å². The van der Waals surface area contributed by atoms with Gasteiger partial charge in [0.1, 0.15) is 11.5 Å². The van der Waals surface area contributed by atoms with E-state index in [1.165, 1.54) is 22.8 Å². The number of anilines is 1. The number of phenols is 1. The molecule has 1 aliphatic heterocycles. The van der Waals surface area contributed by atoms with Crippen molar-refractivity contribution in [3.63, 3.8) is 0 Å². The van der Waals surface area contributed by atoms with Gasteiger partial charge >= 0.3 is 11.9 Å². The summed E-state index contributed by atoms with van der Waals surface area (Å²) in [5.41, 5.74) is -0.899. The molecule has 3 aromatic rings. The van der Waals surface area contributed by atoms with Crippen LogP contribution in [0, 0.1) is 0 Å². The van der Waals surface area contributed by atoms with Crippen molar-refractivity contribution >= 4 is 22.6 Å². The lowest BCUT2D eigenvalue weighted by molar-refractivity contribution is -0.137. The predicted octanol–water partition coefficient (Wildman–Crippen LogP) is 2.88. The van der Waals surface area contributed by atoms with E-state index in [2.05, 4.69) is 15.6 Å². The molecule has 4 rings (SSSR count). The molecule has 1 atom stereocenters. The first-order valence-electron chi connectivity index (χ1n) is 10.9. The van der Waals surface area contributed by atoms with Crippen molar-refractivity contribution in [3.05, 3.63) is 51.9 Å². The number of nitrogens with zero attached hydrogens (tertiary/aromatic N) is 1. The van der Waals surface area contributed by atoms with Crippen LogP contribution in [0.25, 0.3) is 11.0 Å². The average Bonchev–Trinajstić information content (AvgIpc) is 3.08. The third-order valence-electron chi connectivity index (χ3n) is 5.92. The molecule has 2 heterocycles. The standard InChI is InChI=1S/C23H25F3N4O5/c1-22(2,5-6-30-17-4-3-12(23(24,25)26)7-15(17)29-21(30)34)27-10-18(32)14-8-13(31)9-16-20(14)35-11-19(33)28-16/h3-4,7-9,18,27,31-32H,5-6,10-11H2,1-2H3,(H,28,33)(H,29,34). The monoisotopic (exact) mass is 494 g/mol. The summed E-state index contributed by atoms with van der Waals surface area (Å²) in [5, 5.41) is 26.5. The van der Waals surface area contributed by atoms with E-state index >= 15 is 0 Å². The number of carbonyl (C=O) groups excluding carboxylic acids is 1. The number of hydrogen-bond acceptors (Lipinski definition) is 6. The molecule has 0 radical (unpaired) electrons. The van der Waals surface area contributed by atoms with Crippen molar-refractivity contribution in [1.29, 1.82) is 0 Å². The summed E-state index contributed by atoms with van der Waals surface area (Å²) in [5.74, 6) is -0.238. The highest BCUT2D eigenvalue weighted by Gasteiger charge is 2.31. The largest absolute Gasteiger partial charge is 0.508 e. The number of aromatic hydroxyl groups is 1. The van der Waals surface area contributed by atoms with Crippen LogP contribution in [0.4, 0.5) is 18.9 Å². The Morgan fingerprint density at radius 3 is 2.66 bits per heavy atom. The highest BCUT2D eigenvalue weighted by molar-refractivity contribution is 5.96. The number of amides is 1. The van der Waals surface area contributed by atoms with Gasteiger partial charge in [0.25, 0.3) is 5.91 Å². The quantitative estimate of drug-likeness (QED) is 0.344. The number of aromatic nitrogens is 2. The Morgan fingerprint density at radius 1 is 1.20 bits per heavy atom. The fourth-order valence-corrected chi connectivity index (χ4v) is 3.99. The van der Waals surface area contributed by atoms with E-state index in [9.17, 15) is 33.0 Å². The van der Waals surface area contributed by atoms with Gasteiger partial charge in [-0.25, -0.2) is 4.79 Å². The van der Waals surface area contributed by atoms with Crippen LogP contribution < -0.4 is 21.1 Å². The molecule has 1 aromatic heterocycles. The van der Waals surface area contributed by atoms with E-state index in [1.54, 1.807) is 0 Å². The number of rotatable bonds is 7. The van der Waals surface area contributed by atoms with E-state index in [1.807, 2.05) is 13.8 Å². The average molecular weight is 494 g/mol. The lowest BCUT2D eigenvalue weighted by Crippen LogP contribution is -2.43. The number of phenolic OH excluding ortho intramolecular Hbond substituents is 1. The summed E-state index contributed by atoms with van der Waals surface area (Å²) in [4.78, 5) is 26.4. The molecule has 2 aromatic carbocycles. The summed E-state index contributed by atoms with van der Waals surface area (Å²) in [6.07, 6.45) is -5.18. The lowest BCUT2D eigenvalue weighted by Gasteiger charge is -2.29. The summed E-state index contributed by atoms with van der Waals surface area (Å²) in [6.45, 7) is 3.79. The van der Waals surface area contributed by atoms with Crippen LogP contribution in [0.1, 0.15) is 37.5 Å². The first-order valence-corrected chi connectivity index (χ1v) is 10.9. The summed E-state index contributed by atoms with van der Waals surface area (Å²) < 4.78 is 45.7. The number of benzene rings is 2. The van der Waals surface area contributed by atoms with Crippen LogP contribution in [0.5, 0.6) is 11.5 Å². The fraction of sp³-hybridized carbons (Fsp3) is 0.391. The number of carbonyl (C=O) groups is 1. The summed E-state index contributed by atoms with van der Waals surface area (Å²) in [7, 11) is 0. The smallest absolute Gasteiger partial charge is 0.416 e. The Bertz CT molecular complexity index is 1330. The minimum Gasteiger partial charge on any atom is -0.508 e. The SMILES string of the molecule is CC(C)(CCn1c(=O)[nH]c2cc(C(F)(F)F)ccc21)NCC(O)c1cc(O)cc2c1OCC(=O)N2. The van der Waals surface area contributed by atoms with Crippen molar-refractivity contribution in [3.8, 4) is 11.5 Å². The molecule has 0 saturated carbocycles. The second kappa shape index (κ2) is 8.93. The second-order valence-electron chi connectivity index (χ2n) is 9.09. The van der Waals surface area contributed by atoms with Crippen molar-refractivity contribution in [1.82, 2.24) is 14.9 Å². The van der Waals surface area contributed by atoms with Gasteiger partial charge in [-0.15, -0.1) is 0 Å². The Hall–Kier alpha value is -3.51. The topological polar surface area (TPSA) is 129 Å². The molecule has 188 valence electrons. The van der Waals surface area contributed by atoms with E-state index in [0.29, 0.717) is 17.5 Å². The number of aliphatic hydroxyl groups excluding tert-OH is 1. The third-order valence-corrected chi connectivity index (χ3v) is 5.92. The van der Waals surface area contributed by atoms with Gasteiger partial charge in [0, 0.05) is 30.3 Å². The van der Waals surface area contributed by atoms with Crippen LogP contribution >= 0.6 is 0 Å². The minimum absolute atomic E-state index is 0.0674. The molecule has 1 aliphatic rings. The first kappa shape index (κ1) is 24.6.